The summed E-state index contributed by atoms with van der Waals surface area (Å²) in [7, 11) is -3.70. The van der Waals surface area contributed by atoms with Crippen LogP contribution in [0.25, 0.3) is 0 Å². The molecular weight excluding hydrogens is 284 g/mol. The van der Waals surface area contributed by atoms with Gasteiger partial charge in [0.1, 0.15) is 0 Å². The van der Waals surface area contributed by atoms with E-state index < -0.39 is 27.6 Å². The number of carboxylic acid groups (broad SMARTS) is 1. The second-order valence-electron chi connectivity index (χ2n) is 5.26. The molecule has 118 valence electrons. The molecule has 0 radical (unpaired) electrons. The van der Waals surface area contributed by atoms with E-state index >= 15 is 0 Å². The van der Waals surface area contributed by atoms with E-state index in [0.29, 0.717) is 25.7 Å². The van der Waals surface area contributed by atoms with Crippen LogP contribution in [0.2, 0.25) is 0 Å². The highest BCUT2D eigenvalue weighted by Gasteiger charge is 2.36. The molecule has 20 heavy (non-hydrogen) atoms. The predicted molar refractivity (Wildman–Crippen MR) is 74.4 cm³/mol. The van der Waals surface area contributed by atoms with Gasteiger partial charge in [-0.15, -0.1) is 0 Å². The molecular formula is C12H24N2O5S. The quantitative estimate of drug-likeness (QED) is 0.621. The van der Waals surface area contributed by atoms with Gasteiger partial charge in [-0.05, 0) is 25.7 Å². The van der Waals surface area contributed by atoms with Crippen LogP contribution in [0.1, 0.15) is 39.5 Å². The van der Waals surface area contributed by atoms with Crippen LogP contribution in [0.15, 0.2) is 0 Å². The molecule has 1 rings (SSSR count). The van der Waals surface area contributed by atoms with Gasteiger partial charge in [0, 0.05) is 13.1 Å². The van der Waals surface area contributed by atoms with Crippen molar-refractivity contribution < 1.29 is 23.4 Å². The largest absolute Gasteiger partial charge is 0.481 e. The molecule has 0 aromatic carbocycles. The molecule has 0 aliphatic carbocycles. The Morgan fingerprint density at radius 2 is 1.80 bits per heavy atom. The Morgan fingerprint density at radius 1 is 1.30 bits per heavy atom. The molecule has 1 aliphatic rings. The second-order valence-corrected chi connectivity index (χ2v) is 6.93. The summed E-state index contributed by atoms with van der Waals surface area (Å²) in [5.74, 6) is -1.34. The number of piperidine rings is 1. The lowest BCUT2D eigenvalue weighted by atomic mass is 9.96. The van der Waals surface area contributed by atoms with Gasteiger partial charge in [-0.3, -0.25) is 4.79 Å². The van der Waals surface area contributed by atoms with Gasteiger partial charge in [-0.1, -0.05) is 13.8 Å². The number of nitrogens with one attached hydrogen (secondary N) is 1. The van der Waals surface area contributed by atoms with Gasteiger partial charge in [0.2, 0.25) is 0 Å². The van der Waals surface area contributed by atoms with E-state index in [1.54, 1.807) is 0 Å². The van der Waals surface area contributed by atoms with Crippen LogP contribution in [-0.2, 0) is 15.0 Å². The first kappa shape index (κ1) is 17.4. The van der Waals surface area contributed by atoms with Crippen molar-refractivity contribution in [1.82, 2.24) is 9.03 Å². The molecule has 0 aromatic rings. The molecule has 1 heterocycles. The van der Waals surface area contributed by atoms with Crippen LogP contribution in [0.5, 0.6) is 0 Å². The van der Waals surface area contributed by atoms with Crippen molar-refractivity contribution in [2.75, 3.05) is 19.7 Å². The van der Waals surface area contributed by atoms with Crippen molar-refractivity contribution in [3.8, 4) is 0 Å². The fourth-order valence-electron chi connectivity index (χ4n) is 2.33. The molecule has 0 amide bonds. The number of aliphatic hydroxyl groups excluding tert-OH is 1. The first-order valence-corrected chi connectivity index (χ1v) is 8.37. The Labute approximate surface area is 120 Å². The fraction of sp³-hybridized carbons (Fsp3) is 0.917. The van der Waals surface area contributed by atoms with Crippen LogP contribution < -0.4 is 4.72 Å². The summed E-state index contributed by atoms with van der Waals surface area (Å²) in [5, 5.41) is 18.3. The summed E-state index contributed by atoms with van der Waals surface area (Å²) >= 11 is 0. The number of nitrogens with zero attached hydrogens (tertiary/aromatic N) is 1. The molecule has 8 heteroatoms. The van der Waals surface area contributed by atoms with Crippen molar-refractivity contribution in [2.45, 2.75) is 45.1 Å². The molecule has 0 spiro atoms. The average molecular weight is 308 g/mol. The lowest BCUT2D eigenvalue weighted by molar-refractivity contribution is -0.142. The molecule has 0 unspecified atom stereocenters. The lowest BCUT2D eigenvalue weighted by Crippen LogP contribution is -2.56. The summed E-state index contributed by atoms with van der Waals surface area (Å²) in [6.07, 6.45) is 1.62. The van der Waals surface area contributed by atoms with Gasteiger partial charge in [0.15, 0.2) is 0 Å². The van der Waals surface area contributed by atoms with E-state index in [0.717, 1.165) is 0 Å². The van der Waals surface area contributed by atoms with Gasteiger partial charge in [-0.2, -0.15) is 17.4 Å². The fourth-order valence-corrected chi connectivity index (χ4v) is 4.05. The van der Waals surface area contributed by atoms with Crippen molar-refractivity contribution in [1.29, 1.82) is 0 Å². The minimum Gasteiger partial charge on any atom is -0.481 e. The first-order valence-electron chi connectivity index (χ1n) is 6.93. The maximum absolute atomic E-state index is 12.3. The Balaban J connectivity index is 2.73. The van der Waals surface area contributed by atoms with Gasteiger partial charge < -0.3 is 10.2 Å². The summed E-state index contributed by atoms with van der Waals surface area (Å²) in [6, 6.07) is 0. The summed E-state index contributed by atoms with van der Waals surface area (Å²) in [6.45, 7) is 3.77. The number of carbonyl (C=O) groups is 1. The highest BCUT2D eigenvalue weighted by Crippen LogP contribution is 2.22. The maximum Gasteiger partial charge on any atom is 0.306 e. The minimum atomic E-state index is -3.70. The summed E-state index contributed by atoms with van der Waals surface area (Å²) < 4.78 is 28.5. The third kappa shape index (κ3) is 3.91. The van der Waals surface area contributed by atoms with E-state index in [9.17, 15) is 18.3 Å². The van der Waals surface area contributed by atoms with Crippen LogP contribution in [0, 0.1) is 5.92 Å². The summed E-state index contributed by atoms with van der Waals surface area (Å²) in [5.41, 5.74) is -0.845. The normalized spacial score (nSPS) is 19.1. The zero-order valence-corrected chi connectivity index (χ0v) is 12.8. The van der Waals surface area contributed by atoms with Crippen molar-refractivity contribution in [3.63, 3.8) is 0 Å². The zero-order valence-electron chi connectivity index (χ0n) is 12.0. The topological polar surface area (TPSA) is 107 Å². The SMILES string of the molecule is CCC(CC)(CO)NS(=O)(=O)N1CCC(C(=O)O)CC1. The van der Waals surface area contributed by atoms with E-state index in [4.69, 9.17) is 5.11 Å². The minimum absolute atomic E-state index is 0.196. The van der Waals surface area contributed by atoms with E-state index in [1.807, 2.05) is 13.8 Å². The van der Waals surface area contributed by atoms with Gasteiger partial charge >= 0.3 is 5.97 Å². The molecule has 3 N–H and O–H groups in total. The lowest BCUT2D eigenvalue weighted by Gasteiger charge is -2.35. The Hall–Kier alpha value is -0.700. The van der Waals surface area contributed by atoms with Crippen molar-refractivity contribution >= 4 is 16.2 Å². The second kappa shape index (κ2) is 6.84. The van der Waals surface area contributed by atoms with Gasteiger partial charge in [0.05, 0.1) is 18.1 Å². The number of aliphatic hydroxyl groups is 1. The molecule has 7 nitrogen and oxygen atoms in total. The Bertz CT molecular complexity index is 417. The van der Waals surface area contributed by atoms with E-state index in [1.165, 1.54) is 4.31 Å². The molecule has 1 saturated heterocycles. The number of rotatable bonds is 7. The molecule has 0 saturated carbocycles. The van der Waals surface area contributed by atoms with Crippen molar-refractivity contribution in [2.24, 2.45) is 5.92 Å². The van der Waals surface area contributed by atoms with Gasteiger partial charge in [0.25, 0.3) is 10.2 Å². The van der Waals surface area contributed by atoms with Crippen LogP contribution >= 0.6 is 0 Å². The monoisotopic (exact) mass is 308 g/mol. The van der Waals surface area contributed by atoms with Crippen LogP contribution in [-0.4, -0.2) is 54.1 Å². The Morgan fingerprint density at radius 3 is 2.15 bits per heavy atom. The Kier molecular flexibility index (Phi) is 5.93. The molecule has 0 bridgehead atoms. The van der Waals surface area contributed by atoms with Crippen LogP contribution in [0.4, 0.5) is 0 Å². The molecule has 1 fully saturated rings. The average Bonchev–Trinajstić information content (AvgIpc) is 2.45. The van der Waals surface area contributed by atoms with E-state index in [-0.39, 0.29) is 19.7 Å². The molecule has 1 aliphatic heterocycles. The van der Waals surface area contributed by atoms with E-state index in [2.05, 4.69) is 4.72 Å². The first-order chi connectivity index (χ1) is 9.30. The highest BCUT2D eigenvalue weighted by molar-refractivity contribution is 7.87. The van der Waals surface area contributed by atoms with Crippen molar-refractivity contribution in [3.05, 3.63) is 0 Å². The highest BCUT2D eigenvalue weighted by atomic mass is 32.2. The number of aliphatic carboxylic acids is 1. The maximum atomic E-state index is 12.3. The third-order valence-corrected chi connectivity index (χ3v) is 5.88. The van der Waals surface area contributed by atoms with Crippen LogP contribution in [0.3, 0.4) is 0 Å². The predicted octanol–water partition coefficient (Wildman–Crippen LogP) is 0.169. The number of carboxylic acids is 1. The summed E-state index contributed by atoms with van der Waals surface area (Å²) in [4.78, 5) is 10.9. The number of hydrogen-bond acceptors (Lipinski definition) is 4. The number of hydrogen-bond donors (Lipinski definition) is 3. The standard InChI is InChI=1S/C12H24N2O5S/c1-3-12(4-2,9-15)13-20(18,19)14-7-5-10(6-8-14)11(16)17/h10,13,15H,3-9H2,1-2H3,(H,16,17). The molecule has 0 atom stereocenters. The zero-order chi connectivity index (χ0) is 15.4. The third-order valence-electron chi connectivity index (χ3n) is 4.14. The van der Waals surface area contributed by atoms with Gasteiger partial charge in [-0.25, -0.2) is 0 Å². The molecule has 0 aromatic heterocycles. The smallest absolute Gasteiger partial charge is 0.306 e.